The van der Waals surface area contributed by atoms with Crippen molar-refractivity contribution < 1.29 is 0 Å². The van der Waals surface area contributed by atoms with Crippen LogP contribution in [-0.2, 0) is 12.5 Å². The van der Waals surface area contributed by atoms with Gasteiger partial charge in [-0.2, -0.15) is 10.2 Å². The molecule has 2 aromatic heterocycles. The lowest BCUT2D eigenvalue weighted by atomic mass is 9.95. The van der Waals surface area contributed by atoms with Gasteiger partial charge < -0.3 is 9.47 Å². The maximum Gasteiger partial charge on any atom is 0.191 e. The number of hydrogen-bond acceptors (Lipinski definition) is 6. The van der Waals surface area contributed by atoms with Crippen LogP contribution in [-0.4, -0.2) is 55.2 Å². The van der Waals surface area contributed by atoms with Gasteiger partial charge in [-0.3, -0.25) is 0 Å². The quantitative estimate of drug-likeness (QED) is 0.386. The molecule has 3 heterocycles. The zero-order chi connectivity index (χ0) is 19.8. The van der Waals surface area contributed by atoms with E-state index in [1.54, 1.807) is 24.2 Å². The Balaban J connectivity index is 1.12. The standard InChI is InChI=1S/C21H23BrN6S/c1-27-19(15-7-8-23-24-12-15)25-26-20(27)29-10-2-9-28-13-17-11-21(17,14-28)16-3-5-18(22)6-4-16/h3-8,12,17H,2,9-11,13-14H2,1H3/t17-,21?/m0/s1. The van der Waals surface area contributed by atoms with Gasteiger partial charge in [0.1, 0.15) is 0 Å². The lowest BCUT2D eigenvalue weighted by Gasteiger charge is -2.21. The van der Waals surface area contributed by atoms with E-state index in [0.29, 0.717) is 5.41 Å². The predicted molar refractivity (Wildman–Crippen MR) is 118 cm³/mol. The van der Waals surface area contributed by atoms with Crippen molar-refractivity contribution in [2.24, 2.45) is 13.0 Å². The number of thioether (sulfide) groups is 1. The molecule has 0 amide bonds. The highest BCUT2D eigenvalue weighted by molar-refractivity contribution is 9.10. The highest BCUT2D eigenvalue weighted by Gasteiger charge is 2.60. The fraction of sp³-hybridized carbons (Fsp3) is 0.429. The molecule has 1 aliphatic heterocycles. The Morgan fingerprint density at radius 2 is 2.03 bits per heavy atom. The van der Waals surface area contributed by atoms with E-state index in [-0.39, 0.29) is 0 Å². The van der Waals surface area contributed by atoms with Crippen molar-refractivity contribution in [1.29, 1.82) is 0 Å². The second-order valence-corrected chi connectivity index (χ2v) is 9.98. The van der Waals surface area contributed by atoms with E-state index in [0.717, 1.165) is 45.7 Å². The first-order valence-electron chi connectivity index (χ1n) is 9.93. The molecule has 2 atom stereocenters. The average Bonchev–Trinajstić information content (AvgIpc) is 3.11. The molecular formula is C21H23BrN6S. The first-order valence-corrected chi connectivity index (χ1v) is 11.7. The Bertz CT molecular complexity index is 992. The lowest BCUT2D eigenvalue weighted by Crippen LogP contribution is -2.27. The van der Waals surface area contributed by atoms with Crippen LogP contribution in [0.2, 0.25) is 0 Å². The lowest BCUT2D eigenvalue weighted by molar-refractivity contribution is 0.299. The third-order valence-electron chi connectivity index (χ3n) is 6.16. The molecule has 0 N–H and O–H groups in total. The monoisotopic (exact) mass is 470 g/mol. The summed E-state index contributed by atoms with van der Waals surface area (Å²) < 4.78 is 3.20. The second kappa shape index (κ2) is 7.81. The molecule has 0 spiro atoms. The third-order valence-corrected chi connectivity index (χ3v) is 7.80. The number of benzene rings is 1. The van der Waals surface area contributed by atoms with Gasteiger partial charge in [-0.05, 0) is 49.1 Å². The van der Waals surface area contributed by atoms with Crippen LogP contribution in [0.1, 0.15) is 18.4 Å². The van der Waals surface area contributed by atoms with E-state index >= 15 is 0 Å². The largest absolute Gasteiger partial charge is 0.305 e. The number of likely N-dealkylation sites (tertiary alicyclic amines) is 1. The molecule has 3 aromatic rings. The predicted octanol–water partition coefficient (Wildman–Crippen LogP) is 3.79. The molecule has 8 heteroatoms. The van der Waals surface area contributed by atoms with Crippen molar-refractivity contribution in [2.45, 2.75) is 23.4 Å². The normalized spacial score (nSPS) is 23.3. The van der Waals surface area contributed by atoms with Crippen molar-refractivity contribution in [3.05, 3.63) is 52.8 Å². The topological polar surface area (TPSA) is 59.7 Å². The molecule has 2 aliphatic rings. The molecule has 2 fully saturated rings. The fourth-order valence-electron chi connectivity index (χ4n) is 4.55. The van der Waals surface area contributed by atoms with Crippen molar-refractivity contribution in [3.8, 4) is 11.4 Å². The molecule has 1 saturated carbocycles. The summed E-state index contributed by atoms with van der Waals surface area (Å²) in [5, 5.41) is 17.4. The van der Waals surface area contributed by atoms with Crippen LogP contribution in [0.5, 0.6) is 0 Å². The van der Waals surface area contributed by atoms with E-state index in [2.05, 4.69) is 65.5 Å². The van der Waals surface area contributed by atoms with Gasteiger partial charge in [-0.15, -0.1) is 10.2 Å². The number of hydrogen-bond donors (Lipinski definition) is 0. The summed E-state index contributed by atoms with van der Waals surface area (Å²) in [6.45, 7) is 3.59. The summed E-state index contributed by atoms with van der Waals surface area (Å²) in [7, 11) is 2.01. The molecule has 0 bridgehead atoms. The molecule has 5 rings (SSSR count). The minimum absolute atomic E-state index is 0.422. The van der Waals surface area contributed by atoms with E-state index in [9.17, 15) is 0 Å². The van der Waals surface area contributed by atoms with Crippen molar-refractivity contribution in [1.82, 2.24) is 29.9 Å². The summed E-state index contributed by atoms with van der Waals surface area (Å²) in [5.74, 6) is 2.72. The first kappa shape index (κ1) is 19.2. The van der Waals surface area contributed by atoms with Gasteiger partial charge in [0.2, 0.25) is 0 Å². The van der Waals surface area contributed by atoms with Gasteiger partial charge in [0.25, 0.3) is 0 Å². The van der Waals surface area contributed by atoms with Gasteiger partial charge in [0.15, 0.2) is 11.0 Å². The summed E-state index contributed by atoms with van der Waals surface area (Å²) in [6.07, 6.45) is 5.91. The van der Waals surface area contributed by atoms with Crippen LogP contribution in [0.3, 0.4) is 0 Å². The summed E-state index contributed by atoms with van der Waals surface area (Å²) in [4.78, 5) is 2.64. The number of piperidine rings is 1. The molecule has 29 heavy (non-hydrogen) atoms. The van der Waals surface area contributed by atoms with Gasteiger partial charge in [-0.25, -0.2) is 0 Å². The molecule has 150 valence electrons. The minimum Gasteiger partial charge on any atom is -0.305 e. The molecule has 0 radical (unpaired) electrons. The minimum atomic E-state index is 0.422. The zero-order valence-electron chi connectivity index (χ0n) is 16.3. The van der Waals surface area contributed by atoms with E-state index in [4.69, 9.17) is 0 Å². The maximum atomic E-state index is 4.35. The number of nitrogens with zero attached hydrogens (tertiary/aromatic N) is 6. The number of aromatic nitrogens is 5. The van der Waals surface area contributed by atoms with Gasteiger partial charge in [0, 0.05) is 41.3 Å². The number of halogens is 1. The van der Waals surface area contributed by atoms with Crippen LogP contribution >= 0.6 is 27.7 Å². The smallest absolute Gasteiger partial charge is 0.191 e. The van der Waals surface area contributed by atoms with E-state index in [1.807, 2.05) is 17.7 Å². The molecule has 1 saturated heterocycles. The Hall–Kier alpha value is -1.77. The molecule has 1 unspecified atom stereocenters. The highest BCUT2D eigenvalue weighted by Crippen LogP contribution is 2.59. The Labute approximate surface area is 183 Å². The summed E-state index contributed by atoms with van der Waals surface area (Å²) in [5.41, 5.74) is 2.88. The Morgan fingerprint density at radius 1 is 1.17 bits per heavy atom. The zero-order valence-corrected chi connectivity index (χ0v) is 18.7. The van der Waals surface area contributed by atoms with E-state index < -0.39 is 0 Å². The van der Waals surface area contributed by atoms with Crippen LogP contribution in [0, 0.1) is 5.92 Å². The number of rotatable bonds is 7. The SMILES string of the molecule is Cn1c(SCCCN2C[C@@H]3CC3(c3ccc(Br)cc3)C2)nnc1-c1ccnnc1. The highest BCUT2D eigenvalue weighted by atomic mass is 79.9. The van der Waals surface area contributed by atoms with E-state index in [1.165, 1.54) is 25.1 Å². The molecular weight excluding hydrogens is 448 g/mol. The molecule has 1 aromatic carbocycles. The maximum absolute atomic E-state index is 4.35. The average molecular weight is 471 g/mol. The molecule has 6 nitrogen and oxygen atoms in total. The van der Waals surface area contributed by atoms with Gasteiger partial charge >= 0.3 is 0 Å². The van der Waals surface area contributed by atoms with Crippen LogP contribution < -0.4 is 0 Å². The van der Waals surface area contributed by atoms with Crippen molar-refractivity contribution in [3.63, 3.8) is 0 Å². The summed E-state index contributed by atoms with van der Waals surface area (Å²) >= 11 is 5.32. The first-order chi connectivity index (χ1) is 14.2. The second-order valence-electron chi connectivity index (χ2n) is 8.00. The number of fused-ring (bicyclic) bond motifs is 1. The Morgan fingerprint density at radius 3 is 2.83 bits per heavy atom. The molecule has 1 aliphatic carbocycles. The van der Waals surface area contributed by atoms with Gasteiger partial charge in [-0.1, -0.05) is 39.8 Å². The fourth-order valence-corrected chi connectivity index (χ4v) is 5.65. The van der Waals surface area contributed by atoms with Crippen LogP contribution in [0.4, 0.5) is 0 Å². The van der Waals surface area contributed by atoms with Gasteiger partial charge in [0.05, 0.1) is 12.4 Å². The summed E-state index contributed by atoms with van der Waals surface area (Å²) in [6, 6.07) is 10.9. The Kier molecular flexibility index (Phi) is 5.17. The van der Waals surface area contributed by atoms with Crippen LogP contribution in [0.15, 0.2) is 52.4 Å². The van der Waals surface area contributed by atoms with Crippen LogP contribution in [0.25, 0.3) is 11.4 Å². The third kappa shape index (κ3) is 3.73. The van der Waals surface area contributed by atoms with Crippen molar-refractivity contribution >= 4 is 27.7 Å². The van der Waals surface area contributed by atoms with Crippen molar-refractivity contribution in [2.75, 3.05) is 25.4 Å².